The lowest BCUT2D eigenvalue weighted by atomic mass is 10.1. The number of hydrogen-bond acceptors (Lipinski definition) is 5. The van der Waals surface area contributed by atoms with Crippen LogP contribution >= 0.6 is 0 Å². The molecule has 0 saturated heterocycles. The molecular formula is C13H22N4O2S. The minimum Gasteiger partial charge on any atom is -0.349 e. The number of anilines is 1. The van der Waals surface area contributed by atoms with E-state index >= 15 is 0 Å². The molecule has 0 aromatic carbocycles. The number of nitrogens with one attached hydrogen (secondary N) is 2. The van der Waals surface area contributed by atoms with Crippen LogP contribution in [0.2, 0.25) is 0 Å². The number of hydrogen-bond donors (Lipinski definition) is 3. The molecule has 2 unspecified atom stereocenters. The number of aryl methyl sites for hydroxylation is 1. The van der Waals surface area contributed by atoms with Gasteiger partial charge in [-0.2, -0.15) is 0 Å². The predicted octanol–water partition coefficient (Wildman–Crippen LogP) is 0.817. The van der Waals surface area contributed by atoms with Crippen molar-refractivity contribution in [2.45, 2.75) is 32.7 Å². The monoisotopic (exact) mass is 298 g/mol. The maximum Gasteiger partial charge on any atom is 0.251 e. The Kier molecular flexibility index (Phi) is 6.60. The molecular weight excluding hydrogens is 276 g/mol. The van der Waals surface area contributed by atoms with Crippen molar-refractivity contribution in [1.29, 1.82) is 0 Å². The lowest BCUT2D eigenvalue weighted by Crippen LogP contribution is -2.36. The molecule has 1 heterocycles. The molecule has 2 atom stereocenters. The molecule has 0 aliphatic rings. The quantitative estimate of drug-likeness (QED) is 0.511. The summed E-state index contributed by atoms with van der Waals surface area (Å²) in [6.45, 7) is 3.87. The average Bonchev–Trinajstić information content (AvgIpc) is 2.37. The zero-order valence-electron chi connectivity index (χ0n) is 12.1. The number of aromatic nitrogens is 1. The van der Waals surface area contributed by atoms with E-state index in [2.05, 4.69) is 15.7 Å². The molecule has 0 fully saturated rings. The second-order valence-corrected chi connectivity index (χ2v) is 6.22. The minimum absolute atomic E-state index is 0.148. The van der Waals surface area contributed by atoms with Crippen molar-refractivity contribution in [1.82, 2.24) is 10.3 Å². The molecule has 0 aliphatic carbocycles. The lowest BCUT2D eigenvalue weighted by Gasteiger charge is -2.13. The molecule has 0 bridgehead atoms. The Hall–Kier alpha value is -1.47. The lowest BCUT2D eigenvalue weighted by molar-refractivity contribution is 0.0943. The first kappa shape index (κ1) is 16.6. The van der Waals surface area contributed by atoms with Gasteiger partial charge in [0.05, 0.1) is 0 Å². The Bertz CT molecular complexity index is 493. The summed E-state index contributed by atoms with van der Waals surface area (Å²) >= 11 is 0. The first-order valence-corrected chi connectivity index (χ1v) is 8.27. The summed E-state index contributed by atoms with van der Waals surface area (Å²) in [7, 11) is -0.941. The van der Waals surface area contributed by atoms with E-state index < -0.39 is 10.8 Å². The minimum atomic E-state index is -0.941. The van der Waals surface area contributed by atoms with E-state index in [0.29, 0.717) is 17.1 Å². The molecule has 20 heavy (non-hydrogen) atoms. The smallest absolute Gasteiger partial charge is 0.251 e. The summed E-state index contributed by atoms with van der Waals surface area (Å²) in [6.07, 6.45) is 3.34. The highest BCUT2D eigenvalue weighted by atomic mass is 32.2. The van der Waals surface area contributed by atoms with E-state index in [1.807, 2.05) is 13.8 Å². The van der Waals surface area contributed by atoms with Crippen LogP contribution in [0, 0.1) is 0 Å². The molecule has 0 radical (unpaired) electrons. The van der Waals surface area contributed by atoms with Crippen LogP contribution < -0.4 is 16.6 Å². The van der Waals surface area contributed by atoms with Crippen LogP contribution in [0.4, 0.5) is 5.82 Å². The second-order valence-electron chi connectivity index (χ2n) is 4.74. The standard InChI is InChI=1S/C13H22N4O2S/c1-4-5-11-6-10(7-12(16-11)17-14)13(18)15-9(2)8-20(3)19/h6-7,9H,4-5,8,14H2,1-3H3,(H,15,18)(H,16,17). The molecule has 0 spiro atoms. The van der Waals surface area contributed by atoms with Crippen LogP contribution in [0.3, 0.4) is 0 Å². The third-order valence-corrected chi connectivity index (χ3v) is 3.63. The topological polar surface area (TPSA) is 97.1 Å². The summed E-state index contributed by atoms with van der Waals surface area (Å²) in [5, 5.41) is 2.82. The molecule has 1 amide bonds. The number of carbonyl (C=O) groups is 1. The number of amides is 1. The van der Waals surface area contributed by atoms with Crippen molar-refractivity contribution in [3.05, 3.63) is 23.4 Å². The van der Waals surface area contributed by atoms with Crippen LogP contribution in [0.15, 0.2) is 12.1 Å². The van der Waals surface area contributed by atoms with Crippen LogP contribution in [-0.4, -0.2) is 33.2 Å². The van der Waals surface area contributed by atoms with E-state index in [1.165, 1.54) is 0 Å². The van der Waals surface area contributed by atoms with Crippen molar-refractivity contribution in [2.24, 2.45) is 5.84 Å². The SMILES string of the molecule is CCCc1cc(C(=O)NC(C)CS(C)=O)cc(NN)n1. The maximum absolute atomic E-state index is 12.2. The van der Waals surface area contributed by atoms with E-state index in [0.717, 1.165) is 18.5 Å². The van der Waals surface area contributed by atoms with E-state index in [9.17, 15) is 9.00 Å². The van der Waals surface area contributed by atoms with E-state index in [4.69, 9.17) is 5.84 Å². The Morgan fingerprint density at radius 3 is 2.75 bits per heavy atom. The Morgan fingerprint density at radius 1 is 1.50 bits per heavy atom. The number of nitrogen functional groups attached to an aromatic ring is 1. The fraction of sp³-hybridized carbons (Fsp3) is 0.538. The van der Waals surface area contributed by atoms with Crippen molar-refractivity contribution in [3.63, 3.8) is 0 Å². The number of carbonyl (C=O) groups excluding carboxylic acids is 1. The number of rotatable bonds is 7. The van der Waals surface area contributed by atoms with Crippen molar-refractivity contribution in [3.8, 4) is 0 Å². The summed E-state index contributed by atoms with van der Waals surface area (Å²) in [5.41, 5.74) is 3.79. The Labute approximate surface area is 122 Å². The van der Waals surface area contributed by atoms with Gasteiger partial charge in [-0.1, -0.05) is 13.3 Å². The molecule has 0 aliphatic heterocycles. The fourth-order valence-corrected chi connectivity index (χ4v) is 2.67. The highest BCUT2D eigenvalue weighted by Gasteiger charge is 2.13. The van der Waals surface area contributed by atoms with Gasteiger partial charge >= 0.3 is 0 Å². The summed E-state index contributed by atoms with van der Waals surface area (Å²) in [6, 6.07) is 3.21. The molecule has 112 valence electrons. The zero-order chi connectivity index (χ0) is 15.1. The molecule has 7 heteroatoms. The van der Waals surface area contributed by atoms with Crippen molar-refractivity contribution in [2.75, 3.05) is 17.4 Å². The van der Waals surface area contributed by atoms with Crippen LogP contribution in [0.5, 0.6) is 0 Å². The van der Waals surface area contributed by atoms with Gasteiger partial charge in [0.15, 0.2) is 0 Å². The van der Waals surface area contributed by atoms with Gasteiger partial charge in [0, 0.05) is 40.1 Å². The third kappa shape index (κ3) is 5.26. The fourth-order valence-electron chi connectivity index (χ4n) is 1.88. The van der Waals surface area contributed by atoms with Gasteiger partial charge in [-0.25, -0.2) is 10.8 Å². The number of hydrazine groups is 1. The normalized spacial score (nSPS) is 13.6. The first-order chi connectivity index (χ1) is 9.46. The zero-order valence-corrected chi connectivity index (χ0v) is 12.9. The maximum atomic E-state index is 12.2. The molecule has 1 aromatic rings. The molecule has 1 aromatic heterocycles. The van der Waals surface area contributed by atoms with Crippen molar-refractivity contribution < 1.29 is 9.00 Å². The Balaban J connectivity index is 2.85. The number of nitrogens with zero attached hydrogens (tertiary/aromatic N) is 1. The summed E-state index contributed by atoms with van der Waals surface area (Å²) < 4.78 is 11.1. The van der Waals surface area contributed by atoms with Crippen LogP contribution in [0.25, 0.3) is 0 Å². The Morgan fingerprint density at radius 2 is 2.20 bits per heavy atom. The van der Waals surface area contributed by atoms with Crippen LogP contribution in [-0.2, 0) is 17.2 Å². The highest BCUT2D eigenvalue weighted by Crippen LogP contribution is 2.11. The van der Waals surface area contributed by atoms with Gasteiger partial charge in [0.2, 0.25) is 0 Å². The third-order valence-electron chi connectivity index (χ3n) is 2.66. The highest BCUT2D eigenvalue weighted by molar-refractivity contribution is 7.84. The largest absolute Gasteiger partial charge is 0.349 e. The van der Waals surface area contributed by atoms with Gasteiger partial charge in [0.1, 0.15) is 5.82 Å². The van der Waals surface area contributed by atoms with E-state index in [1.54, 1.807) is 18.4 Å². The van der Waals surface area contributed by atoms with Crippen LogP contribution in [0.1, 0.15) is 36.3 Å². The first-order valence-electron chi connectivity index (χ1n) is 6.54. The van der Waals surface area contributed by atoms with Gasteiger partial charge in [-0.3, -0.25) is 9.00 Å². The average molecular weight is 298 g/mol. The second kappa shape index (κ2) is 7.96. The predicted molar refractivity (Wildman–Crippen MR) is 81.9 cm³/mol. The summed E-state index contributed by atoms with van der Waals surface area (Å²) in [4.78, 5) is 16.4. The molecule has 1 rings (SSSR count). The van der Waals surface area contributed by atoms with Gasteiger partial charge < -0.3 is 10.7 Å². The number of pyridine rings is 1. The van der Waals surface area contributed by atoms with Gasteiger partial charge in [-0.05, 0) is 25.5 Å². The van der Waals surface area contributed by atoms with Gasteiger partial charge in [-0.15, -0.1) is 0 Å². The molecule has 6 nitrogen and oxygen atoms in total. The van der Waals surface area contributed by atoms with Crippen molar-refractivity contribution >= 4 is 22.5 Å². The van der Waals surface area contributed by atoms with E-state index in [-0.39, 0.29) is 11.9 Å². The molecule has 4 N–H and O–H groups in total. The van der Waals surface area contributed by atoms with Gasteiger partial charge in [0.25, 0.3) is 5.91 Å². The molecule has 0 saturated carbocycles. The summed E-state index contributed by atoms with van der Waals surface area (Å²) in [5.74, 6) is 6.05. The number of nitrogens with two attached hydrogens (primary N) is 1.